The van der Waals surface area contributed by atoms with Crippen molar-refractivity contribution in [3.63, 3.8) is 0 Å². The molecule has 0 N–H and O–H groups in total. The highest BCUT2D eigenvalue weighted by molar-refractivity contribution is 7.89. The number of hydrogen-bond acceptors (Lipinski definition) is 6. The predicted molar refractivity (Wildman–Crippen MR) is 108 cm³/mol. The van der Waals surface area contributed by atoms with Gasteiger partial charge in [-0.15, -0.1) is 0 Å². The quantitative estimate of drug-likeness (QED) is 0.612. The lowest BCUT2D eigenvalue weighted by Crippen LogP contribution is -2.37. The lowest BCUT2D eigenvalue weighted by molar-refractivity contribution is 0.271. The second kappa shape index (κ2) is 8.34. The van der Waals surface area contributed by atoms with Crippen molar-refractivity contribution in [3.05, 3.63) is 60.5 Å². The van der Waals surface area contributed by atoms with Crippen LogP contribution in [0.1, 0.15) is 31.6 Å². The maximum Gasteiger partial charge on any atom is 0.243 e. The molecule has 0 atom stereocenters. The van der Waals surface area contributed by atoms with Gasteiger partial charge in [0.2, 0.25) is 21.7 Å². The summed E-state index contributed by atoms with van der Waals surface area (Å²) in [6.45, 7) is 3.42. The summed E-state index contributed by atoms with van der Waals surface area (Å²) >= 11 is 0. The monoisotopic (exact) mass is 413 g/mol. The number of aromatic nitrogens is 2. The summed E-state index contributed by atoms with van der Waals surface area (Å²) in [7, 11) is -3.46. The topological polar surface area (TPSA) is 85.5 Å². The van der Waals surface area contributed by atoms with Gasteiger partial charge in [-0.25, -0.2) is 8.42 Å². The Balaban J connectivity index is 1.42. The fraction of sp³-hybridized carbons (Fsp3) is 0.333. The van der Waals surface area contributed by atoms with Crippen molar-refractivity contribution in [2.75, 3.05) is 19.7 Å². The zero-order chi connectivity index (χ0) is 20.3. The molecule has 0 spiro atoms. The fourth-order valence-corrected chi connectivity index (χ4v) is 4.96. The fourth-order valence-electron chi connectivity index (χ4n) is 3.47. The molecule has 8 heteroatoms. The first-order valence-corrected chi connectivity index (χ1v) is 11.1. The zero-order valence-corrected chi connectivity index (χ0v) is 17.0. The third-order valence-corrected chi connectivity index (χ3v) is 6.96. The van der Waals surface area contributed by atoms with Crippen LogP contribution in [0.5, 0.6) is 5.75 Å². The second-order valence-electron chi connectivity index (χ2n) is 6.91. The van der Waals surface area contributed by atoms with Crippen LogP contribution >= 0.6 is 0 Å². The van der Waals surface area contributed by atoms with Gasteiger partial charge < -0.3 is 9.26 Å². The van der Waals surface area contributed by atoms with E-state index in [4.69, 9.17) is 9.26 Å². The van der Waals surface area contributed by atoms with Crippen molar-refractivity contribution in [2.24, 2.45) is 0 Å². The van der Waals surface area contributed by atoms with Gasteiger partial charge in [-0.2, -0.15) is 9.29 Å². The maximum absolute atomic E-state index is 12.8. The van der Waals surface area contributed by atoms with Gasteiger partial charge in [0.15, 0.2) is 0 Å². The molecule has 0 radical (unpaired) electrons. The van der Waals surface area contributed by atoms with Gasteiger partial charge in [-0.1, -0.05) is 23.4 Å². The minimum atomic E-state index is -3.46. The summed E-state index contributed by atoms with van der Waals surface area (Å²) in [5, 5.41) is 4.09. The van der Waals surface area contributed by atoms with E-state index in [0.717, 1.165) is 11.3 Å². The normalized spacial score (nSPS) is 16.0. The van der Waals surface area contributed by atoms with Crippen molar-refractivity contribution >= 4 is 10.0 Å². The van der Waals surface area contributed by atoms with E-state index in [1.165, 1.54) is 4.31 Å². The molecule has 152 valence electrons. The Labute approximate surface area is 170 Å². The minimum absolute atomic E-state index is 0.0566. The predicted octanol–water partition coefficient (Wildman–Crippen LogP) is 3.70. The van der Waals surface area contributed by atoms with Crippen molar-refractivity contribution in [2.45, 2.75) is 30.6 Å². The molecular formula is C21H23N3O4S. The van der Waals surface area contributed by atoms with E-state index in [-0.39, 0.29) is 5.92 Å². The first-order valence-electron chi connectivity index (χ1n) is 9.70. The molecule has 1 saturated heterocycles. The lowest BCUT2D eigenvalue weighted by Gasteiger charge is -2.29. The van der Waals surface area contributed by atoms with Gasteiger partial charge in [0, 0.05) is 24.6 Å². The molecule has 0 unspecified atom stereocenters. The van der Waals surface area contributed by atoms with Crippen LogP contribution < -0.4 is 4.74 Å². The summed E-state index contributed by atoms with van der Waals surface area (Å²) in [4.78, 5) is 4.87. The first-order chi connectivity index (χ1) is 14.1. The van der Waals surface area contributed by atoms with E-state index in [2.05, 4.69) is 10.1 Å². The SMILES string of the molecule is CCOc1ccc(-c2noc(C3CCN(S(=O)(=O)c4ccccc4)CC3)n2)cc1. The number of nitrogens with zero attached hydrogens (tertiary/aromatic N) is 3. The van der Waals surface area contributed by atoms with Crippen molar-refractivity contribution < 1.29 is 17.7 Å². The van der Waals surface area contributed by atoms with Crippen LogP contribution in [0.4, 0.5) is 0 Å². The molecule has 2 aromatic carbocycles. The Bertz CT molecular complexity index is 1040. The Morgan fingerprint density at radius 2 is 1.76 bits per heavy atom. The summed E-state index contributed by atoms with van der Waals surface area (Å²) < 4.78 is 38.0. The van der Waals surface area contributed by atoms with Crippen molar-refractivity contribution in [3.8, 4) is 17.1 Å². The number of benzene rings is 2. The molecule has 7 nitrogen and oxygen atoms in total. The van der Waals surface area contributed by atoms with E-state index in [1.807, 2.05) is 37.3 Å². The van der Waals surface area contributed by atoms with Gasteiger partial charge in [0.1, 0.15) is 5.75 Å². The van der Waals surface area contributed by atoms with E-state index in [1.54, 1.807) is 24.3 Å². The number of rotatable bonds is 6. The van der Waals surface area contributed by atoms with Gasteiger partial charge in [-0.3, -0.25) is 0 Å². The van der Waals surface area contributed by atoms with Gasteiger partial charge >= 0.3 is 0 Å². The highest BCUT2D eigenvalue weighted by Gasteiger charge is 2.32. The first kappa shape index (κ1) is 19.6. The average molecular weight is 413 g/mol. The van der Waals surface area contributed by atoms with Crippen LogP contribution in [0.3, 0.4) is 0 Å². The van der Waals surface area contributed by atoms with E-state index >= 15 is 0 Å². The van der Waals surface area contributed by atoms with Gasteiger partial charge in [0.25, 0.3) is 0 Å². The Hall–Kier alpha value is -2.71. The highest BCUT2D eigenvalue weighted by Crippen LogP contribution is 2.31. The largest absolute Gasteiger partial charge is 0.494 e. The standard InChI is InChI=1S/C21H23N3O4S/c1-2-27-18-10-8-16(9-11-18)20-22-21(28-23-20)17-12-14-24(15-13-17)29(25,26)19-6-4-3-5-7-19/h3-11,17H,2,12-15H2,1H3. The van der Waals surface area contributed by atoms with Crippen LogP contribution in [0, 0.1) is 0 Å². The van der Waals surface area contributed by atoms with E-state index in [9.17, 15) is 8.42 Å². The molecular weight excluding hydrogens is 390 g/mol. The molecule has 1 aliphatic heterocycles. The average Bonchev–Trinajstić information content (AvgIpc) is 3.25. The van der Waals surface area contributed by atoms with Crippen LogP contribution in [-0.4, -0.2) is 42.6 Å². The molecule has 4 rings (SSSR count). The smallest absolute Gasteiger partial charge is 0.243 e. The second-order valence-corrected chi connectivity index (χ2v) is 8.84. The number of piperidine rings is 1. The molecule has 0 saturated carbocycles. The molecule has 1 aromatic heterocycles. The summed E-state index contributed by atoms with van der Waals surface area (Å²) in [6.07, 6.45) is 1.30. The van der Waals surface area contributed by atoms with Crippen LogP contribution in [0.25, 0.3) is 11.4 Å². The molecule has 0 amide bonds. The van der Waals surface area contributed by atoms with Crippen LogP contribution in [-0.2, 0) is 10.0 Å². The summed E-state index contributed by atoms with van der Waals surface area (Å²) in [5.41, 5.74) is 0.854. The molecule has 2 heterocycles. The molecule has 0 bridgehead atoms. The third-order valence-electron chi connectivity index (χ3n) is 5.05. The van der Waals surface area contributed by atoms with Crippen LogP contribution in [0.2, 0.25) is 0 Å². The van der Waals surface area contributed by atoms with E-state index < -0.39 is 10.0 Å². The van der Waals surface area contributed by atoms with Crippen molar-refractivity contribution in [1.82, 2.24) is 14.4 Å². The Kier molecular flexibility index (Phi) is 5.64. The molecule has 0 aliphatic carbocycles. The summed E-state index contributed by atoms with van der Waals surface area (Å²) in [6, 6.07) is 16.1. The molecule has 1 fully saturated rings. The third kappa shape index (κ3) is 4.18. The van der Waals surface area contributed by atoms with Gasteiger partial charge in [-0.05, 0) is 56.2 Å². The Morgan fingerprint density at radius 3 is 2.41 bits per heavy atom. The highest BCUT2D eigenvalue weighted by atomic mass is 32.2. The van der Waals surface area contributed by atoms with Gasteiger partial charge in [0.05, 0.1) is 11.5 Å². The lowest BCUT2D eigenvalue weighted by atomic mass is 9.98. The zero-order valence-electron chi connectivity index (χ0n) is 16.2. The Morgan fingerprint density at radius 1 is 1.07 bits per heavy atom. The summed E-state index contributed by atoms with van der Waals surface area (Å²) in [5.74, 6) is 1.95. The molecule has 3 aromatic rings. The van der Waals surface area contributed by atoms with Crippen molar-refractivity contribution in [1.29, 1.82) is 0 Å². The molecule has 29 heavy (non-hydrogen) atoms. The molecule has 1 aliphatic rings. The van der Waals surface area contributed by atoms with Crippen LogP contribution in [0.15, 0.2) is 64.0 Å². The number of hydrogen-bond donors (Lipinski definition) is 0. The maximum atomic E-state index is 12.8. The number of sulfonamides is 1. The van der Waals surface area contributed by atoms with E-state index in [0.29, 0.717) is 49.1 Å². The number of ether oxygens (including phenoxy) is 1. The minimum Gasteiger partial charge on any atom is -0.494 e.